The summed E-state index contributed by atoms with van der Waals surface area (Å²) in [6.07, 6.45) is 10.3. The van der Waals surface area contributed by atoms with E-state index in [1.807, 2.05) is 12.1 Å². The minimum absolute atomic E-state index is 0.0530. The summed E-state index contributed by atoms with van der Waals surface area (Å²) in [6.45, 7) is 6.70. The Morgan fingerprint density at radius 1 is 1.31 bits per heavy atom. The third kappa shape index (κ3) is 2.88. The predicted octanol–water partition coefficient (Wildman–Crippen LogP) is 3.69. The molecule has 5 heteroatoms. The highest BCUT2D eigenvalue weighted by molar-refractivity contribution is 5.75. The number of rotatable bonds is 1. The van der Waals surface area contributed by atoms with Crippen LogP contribution in [0.3, 0.4) is 0 Å². The molecule has 5 nitrogen and oxygen atoms in total. The zero-order chi connectivity index (χ0) is 20.4. The number of aliphatic hydroxyl groups excluding tert-OH is 1. The van der Waals surface area contributed by atoms with Crippen LogP contribution >= 0.6 is 0 Å². The molecule has 2 aliphatic carbocycles. The highest BCUT2D eigenvalue weighted by Gasteiger charge is 2.65. The van der Waals surface area contributed by atoms with Crippen molar-refractivity contribution in [2.75, 3.05) is 0 Å². The van der Waals surface area contributed by atoms with Crippen LogP contribution in [0.2, 0.25) is 0 Å². The Hall–Kier alpha value is -1.46. The molecular weight excluding hydrogens is 366 g/mol. The fourth-order valence-electron chi connectivity index (χ4n) is 7.03. The summed E-state index contributed by atoms with van der Waals surface area (Å²) in [7, 11) is 0. The molecule has 0 aromatic carbocycles. The van der Waals surface area contributed by atoms with Crippen LogP contribution in [-0.2, 0) is 14.3 Å². The van der Waals surface area contributed by atoms with Crippen molar-refractivity contribution < 1.29 is 19.4 Å². The lowest BCUT2D eigenvalue weighted by atomic mass is 9.46. The Balaban J connectivity index is 1.47. The van der Waals surface area contributed by atoms with Crippen molar-refractivity contribution >= 4 is 5.97 Å². The molecule has 156 valence electrons. The van der Waals surface area contributed by atoms with Crippen LogP contribution in [0.1, 0.15) is 58.1 Å². The van der Waals surface area contributed by atoms with E-state index in [-0.39, 0.29) is 29.5 Å². The maximum atomic E-state index is 13.0. The van der Waals surface area contributed by atoms with Crippen LogP contribution in [0.15, 0.2) is 24.5 Å². The SMILES string of the molecule is CC1[CH]CCC2(C)C1C[CH]C1(C)OC3CC(c4cccnc4)OC(=O)C3[C@@H](O)C12. The summed E-state index contributed by atoms with van der Waals surface area (Å²) < 4.78 is 12.5. The summed E-state index contributed by atoms with van der Waals surface area (Å²) >= 11 is 0. The monoisotopic (exact) mass is 397 g/mol. The van der Waals surface area contributed by atoms with Gasteiger partial charge in [-0.3, -0.25) is 9.78 Å². The number of aromatic nitrogens is 1. The number of esters is 1. The van der Waals surface area contributed by atoms with Gasteiger partial charge in [0.15, 0.2) is 0 Å². The van der Waals surface area contributed by atoms with E-state index in [1.54, 1.807) is 12.4 Å². The predicted molar refractivity (Wildman–Crippen MR) is 107 cm³/mol. The molecule has 0 bridgehead atoms. The highest BCUT2D eigenvalue weighted by Crippen LogP contribution is 2.62. The van der Waals surface area contributed by atoms with Gasteiger partial charge in [0.2, 0.25) is 0 Å². The number of aliphatic hydroxyl groups is 1. The number of carbonyl (C=O) groups excluding carboxylic acids is 1. The molecule has 2 aliphatic heterocycles. The molecule has 4 aliphatic rings. The third-order valence-electron chi connectivity index (χ3n) is 8.36. The Morgan fingerprint density at radius 2 is 2.14 bits per heavy atom. The molecule has 1 aromatic heterocycles. The molecule has 2 saturated heterocycles. The molecule has 2 saturated carbocycles. The molecule has 29 heavy (non-hydrogen) atoms. The number of nitrogens with zero attached hydrogens (tertiary/aromatic N) is 1. The molecular formula is C24H31NO4. The van der Waals surface area contributed by atoms with Gasteiger partial charge in [0.25, 0.3) is 0 Å². The van der Waals surface area contributed by atoms with Crippen LogP contribution in [0.4, 0.5) is 0 Å². The molecule has 0 amide bonds. The smallest absolute Gasteiger partial charge is 0.314 e. The van der Waals surface area contributed by atoms with E-state index >= 15 is 0 Å². The Kier molecular flexibility index (Phi) is 4.56. The van der Waals surface area contributed by atoms with E-state index in [2.05, 4.69) is 38.6 Å². The fourth-order valence-corrected chi connectivity index (χ4v) is 7.03. The molecule has 1 N–H and O–H groups in total. The quantitative estimate of drug-likeness (QED) is 0.732. The average Bonchev–Trinajstić information content (AvgIpc) is 2.67. The van der Waals surface area contributed by atoms with E-state index in [4.69, 9.17) is 9.47 Å². The standard InChI is InChI=1S/C24H31NO4/c1-14-6-4-9-23(2)16(14)8-10-24(3)21(23)20(26)19-18(29-24)12-17(28-22(19)27)15-7-5-11-25-13-15/h5-7,10-11,13-14,16-21,26H,4,8-9,12H2,1-3H3/t14?,16?,17?,18?,19?,20-,21?,23?,24?/m1/s1. The van der Waals surface area contributed by atoms with Gasteiger partial charge >= 0.3 is 5.97 Å². The van der Waals surface area contributed by atoms with Gasteiger partial charge in [-0.1, -0.05) is 19.9 Å². The van der Waals surface area contributed by atoms with Crippen molar-refractivity contribution in [2.45, 2.75) is 70.4 Å². The van der Waals surface area contributed by atoms with Gasteiger partial charge in [0, 0.05) is 30.3 Å². The fraction of sp³-hybridized carbons (Fsp3) is 0.667. The largest absolute Gasteiger partial charge is 0.457 e. The second-order valence-corrected chi connectivity index (χ2v) is 9.97. The second-order valence-electron chi connectivity index (χ2n) is 9.97. The number of cyclic esters (lactones) is 1. The summed E-state index contributed by atoms with van der Waals surface area (Å²) in [5, 5.41) is 11.6. The summed E-state index contributed by atoms with van der Waals surface area (Å²) in [5.41, 5.74) is 0.295. The third-order valence-corrected chi connectivity index (χ3v) is 8.36. The Bertz CT molecular complexity index is 784. The number of carbonyl (C=O) groups is 1. The van der Waals surface area contributed by atoms with Crippen molar-refractivity contribution in [3.05, 3.63) is 42.9 Å². The maximum Gasteiger partial charge on any atom is 0.314 e. The van der Waals surface area contributed by atoms with Crippen molar-refractivity contribution in [3.63, 3.8) is 0 Å². The number of fused-ring (bicyclic) bond motifs is 4. The van der Waals surface area contributed by atoms with Gasteiger partial charge < -0.3 is 14.6 Å². The minimum atomic E-state index is -0.754. The first-order valence-corrected chi connectivity index (χ1v) is 11.0. The summed E-state index contributed by atoms with van der Waals surface area (Å²) in [6, 6.07) is 3.77. The van der Waals surface area contributed by atoms with Gasteiger partial charge in [0.05, 0.1) is 17.8 Å². The molecule has 0 spiro atoms. The average molecular weight is 398 g/mol. The first-order valence-electron chi connectivity index (χ1n) is 11.0. The Labute approximate surface area is 173 Å². The first kappa shape index (κ1) is 19.5. The normalized spacial score (nSPS) is 49.4. The summed E-state index contributed by atoms with van der Waals surface area (Å²) in [5.74, 6) is -0.0785. The molecule has 1 aromatic rings. The van der Waals surface area contributed by atoms with Gasteiger partial charge in [-0.05, 0) is 62.3 Å². The van der Waals surface area contributed by atoms with Crippen LogP contribution in [0, 0.1) is 41.9 Å². The minimum Gasteiger partial charge on any atom is -0.457 e. The van der Waals surface area contributed by atoms with E-state index in [0.29, 0.717) is 18.3 Å². The van der Waals surface area contributed by atoms with Crippen molar-refractivity contribution in [1.82, 2.24) is 4.98 Å². The molecule has 5 rings (SSSR count). The van der Waals surface area contributed by atoms with Crippen molar-refractivity contribution in [3.8, 4) is 0 Å². The molecule has 9 atom stereocenters. The van der Waals surface area contributed by atoms with E-state index < -0.39 is 17.6 Å². The first-order chi connectivity index (χ1) is 13.8. The van der Waals surface area contributed by atoms with Gasteiger partial charge in [-0.25, -0.2) is 0 Å². The number of hydrogen-bond acceptors (Lipinski definition) is 5. The molecule has 8 unspecified atom stereocenters. The lowest BCUT2D eigenvalue weighted by Gasteiger charge is -2.64. The maximum absolute atomic E-state index is 13.0. The van der Waals surface area contributed by atoms with Crippen molar-refractivity contribution in [2.24, 2.45) is 29.1 Å². The number of ether oxygens (including phenoxy) is 2. The van der Waals surface area contributed by atoms with Gasteiger partial charge in [-0.2, -0.15) is 0 Å². The second kappa shape index (κ2) is 6.78. The summed E-state index contributed by atoms with van der Waals surface area (Å²) in [4.78, 5) is 17.2. The van der Waals surface area contributed by atoms with Gasteiger partial charge in [-0.15, -0.1) is 0 Å². The zero-order valence-electron chi connectivity index (χ0n) is 17.5. The molecule has 4 fully saturated rings. The number of hydrogen-bond donors (Lipinski definition) is 1. The van der Waals surface area contributed by atoms with E-state index in [0.717, 1.165) is 24.8 Å². The van der Waals surface area contributed by atoms with E-state index in [1.165, 1.54) is 0 Å². The Morgan fingerprint density at radius 3 is 2.90 bits per heavy atom. The zero-order valence-corrected chi connectivity index (χ0v) is 17.5. The van der Waals surface area contributed by atoms with E-state index in [9.17, 15) is 9.90 Å². The topological polar surface area (TPSA) is 68.7 Å². The van der Waals surface area contributed by atoms with Crippen LogP contribution in [-0.4, -0.2) is 33.9 Å². The highest BCUT2D eigenvalue weighted by atomic mass is 16.6. The van der Waals surface area contributed by atoms with Crippen LogP contribution in [0.25, 0.3) is 0 Å². The number of pyridine rings is 1. The van der Waals surface area contributed by atoms with Crippen LogP contribution in [0.5, 0.6) is 0 Å². The lowest BCUT2D eigenvalue weighted by molar-refractivity contribution is -0.277. The van der Waals surface area contributed by atoms with Crippen LogP contribution < -0.4 is 0 Å². The lowest BCUT2D eigenvalue weighted by Crippen LogP contribution is -2.69. The van der Waals surface area contributed by atoms with Crippen molar-refractivity contribution in [1.29, 1.82) is 0 Å². The molecule has 2 radical (unpaired) electrons. The molecule has 3 heterocycles. The van der Waals surface area contributed by atoms with Gasteiger partial charge in [0.1, 0.15) is 12.0 Å².